The molecule has 0 spiro atoms. The Morgan fingerprint density at radius 3 is 2.26 bits per heavy atom. The summed E-state index contributed by atoms with van der Waals surface area (Å²) in [6.45, 7) is 11.6. The smallest absolute Gasteiger partial charge is 0.270 e. The van der Waals surface area contributed by atoms with Crippen LogP contribution in [-0.4, -0.2) is 47.8 Å². The van der Waals surface area contributed by atoms with Crippen LogP contribution in [0.5, 0.6) is 0 Å². The molecule has 8 nitrogen and oxygen atoms in total. The number of nitrogens with one attached hydrogen (secondary N) is 1. The van der Waals surface area contributed by atoms with Crippen LogP contribution in [0.25, 0.3) is 0 Å². The number of piperazine rings is 1. The van der Waals surface area contributed by atoms with Crippen molar-refractivity contribution in [2.45, 2.75) is 40.5 Å². The number of amides is 2. The van der Waals surface area contributed by atoms with Crippen LogP contribution in [-0.2, 0) is 4.79 Å². The molecule has 0 bridgehead atoms. The fourth-order valence-electron chi connectivity index (χ4n) is 4.51. The lowest BCUT2D eigenvalue weighted by Gasteiger charge is -2.37. The van der Waals surface area contributed by atoms with Crippen molar-refractivity contribution in [1.82, 2.24) is 4.90 Å². The topological polar surface area (TPSA) is 95.8 Å². The lowest BCUT2D eigenvalue weighted by molar-refractivity contribution is -0.384. The maximum atomic E-state index is 12.7. The van der Waals surface area contributed by atoms with Gasteiger partial charge in [-0.3, -0.25) is 19.7 Å². The zero-order valence-corrected chi connectivity index (χ0v) is 21.5. The minimum atomic E-state index is -0.560. The van der Waals surface area contributed by atoms with Crippen molar-refractivity contribution in [2.24, 2.45) is 11.3 Å². The Kier molecular flexibility index (Phi) is 8.38. The summed E-state index contributed by atoms with van der Waals surface area (Å²) in [7, 11) is 0. The third-order valence-electron chi connectivity index (χ3n) is 6.01. The lowest BCUT2D eigenvalue weighted by atomic mass is 9.84. The van der Waals surface area contributed by atoms with Crippen LogP contribution < -0.4 is 10.2 Å². The summed E-state index contributed by atoms with van der Waals surface area (Å²) in [6.07, 6.45) is 1.61. The number of hydrogen-bond donors (Lipinski definition) is 1. The lowest BCUT2D eigenvalue weighted by Crippen LogP contribution is -2.49. The summed E-state index contributed by atoms with van der Waals surface area (Å²) >= 11 is 6.05. The molecule has 2 aromatic rings. The van der Waals surface area contributed by atoms with E-state index < -0.39 is 10.8 Å². The Balaban J connectivity index is 1.52. The number of benzene rings is 2. The Morgan fingerprint density at radius 1 is 1.09 bits per heavy atom. The van der Waals surface area contributed by atoms with Crippen LogP contribution in [0.2, 0.25) is 5.02 Å². The second-order valence-electron chi connectivity index (χ2n) is 10.4. The second kappa shape index (κ2) is 11.1. The van der Waals surface area contributed by atoms with E-state index in [1.807, 2.05) is 17.0 Å². The molecule has 1 N–H and O–H groups in total. The second-order valence-corrected chi connectivity index (χ2v) is 10.8. The highest BCUT2D eigenvalue weighted by Gasteiger charge is 2.24. The number of nitro benzene ring substituents is 1. The van der Waals surface area contributed by atoms with Crippen molar-refractivity contribution in [1.29, 1.82) is 0 Å². The molecule has 1 atom stereocenters. The highest BCUT2D eigenvalue weighted by Crippen LogP contribution is 2.27. The minimum Gasteiger partial charge on any atom is -0.368 e. The fourth-order valence-corrected chi connectivity index (χ4v) is 4.78. The molecule has 2 aromatic carbocycles. The number of hydrogen-bond acceptors (Lipinski definition) is 5. The standard InChI is InChI=1S/C26H33ClN4O4/c1-18(17-26(2,3)4)15-24(32)30-13-11-29(12-14-30)20-7-5-19(6-8-20)28-25(33)22-10-9-21(31(34)35)16-23(22)27/h5-10,16,18H,11-15,17H2,1-4H3,(H,28,33). The molecule has 1 fully saturated rings. The van der Waals surface area contributed by atoms with E-state index in [4.69, 9.17) is 11.6 Å². The third-order valence-corrected chi connectivity index (χ3v) is 6.33. The van der Waals surface area contributed by atoms with Gasteiger partial charge in [-0.05, 0) is 48.1 Å². The van der Waals surface area contributed by atoms with Gasteiger partial charge in [0.05, 0.1) is 15.5 Å². The van der Waals surface area contributed by atoms with Gasteiger partial charge in [-0.1, -0.05) is 39.3 Å². The zero-order valence-electron chi connectivity index (χ0n) is 20.7. The number of nitro groups is 1. The molecular formula is C26H33ClN4O4. The van der Waals surface area contributed by atoms with Gasteiger partial charge < -0.3 is 15.1 Å². The van der Waals surface area contributed by atoms with E-state index in [0.717, 1.165) is 31.3 Å². The van der Waals surface area contributed by atoms with Gasteiger partial charge in [0.2, 0.25) is 5.91 Å². The van der Waals surface area contributed by atoms with Crippen LogP contribution in [0, 0.1) is 21.4 Å². The van der Waals surface area contributed by atoms with Crippen molar-refractivity contribution in [3.63, 3.8) is 0 Å². The molecule has 0 radical (unpaired) electrons. The molecule has 1 aliphatic heterocycles. The normalized spacial score (nSPS) is 15.0. The molecule has 0 aromatic heterocycles. The molecule has 9 heteroatoms. The van der Waals surface area contributed by atoms with Gasteiger partial charge in [0, 0.05) is 56.1 Å². The number of carbonyl (C=O) groups excluding carboxylic acids is 2. The number of carbonyl (C=O) groups is 2. The van der Waals surface area contributed by atoms with Gasteiger partial charge in [-0.15, -0.1) is 0 Å². The zero-order chi connectivity index (χ0) is 25.8. The van der Waals surface area contributed by atoms with Crippen molar-refractivity contribution in [3.05, 3.63) is 63.2 Å². The molecule has 35 heavy (non-hydrogen) atoms. The van der Waals surface area contributed by atoms with Gasteiger partial charge in [-0.2, -0.15) is 0 Å². The van der Waals surface area contributed by atoms with E-state index in [0.29, 0.717) is 31.1 Å². The van der Waals surface area contributed by atoms with E-state index in [2.05, 4.69) is 37.9 Å². The number of nitrogens with zero attached hydrogens (tertiary/aromatic N) is 3. The predicted octanol–water partition coefficient (Wildman–Crippen LogP) is 5.61. The van der Waals surface area contributed by atoms with Gasteiger partial charge in [0.25, 0.3) is 11.6 Å². The Labute approximate surface area is 211 Å². The first-order chi connectivity index (χ1) is 16.4. The predicted molar refractivity (Wildman–Crippen MR) is 139 cm³/mol. The van der Waals surface area contributed by atoms with E-state index in [9.17, 15) is 19.7 Å². The summed E-state index contributed by atoms with van der Waals surface area (Å²) < 4.78 is 0. The third kappa shape index (κ3) is 7.42. The number of rotatable bonds is 7. The number of non-ortho nitro benzene ring substituents is 1. The van der Waals surface area contributed by atoms with Crippen molar-refractivity contribution in [2.75, 3.05) is 36.4 Å². The number of anilines is 2. The Bertz CT molecular complexity index is 1070. The average molecular weight is 501 g/mol. The summed E-state index contributed by atoms with van der Waals surface area (Å²) in [5.74, 6) is 0.152. The van der Waals surface area contributed by atoms with Crippen LogP contribution in [0.15, 0.2) is 42.5 Å². The van der Waals surface area contributed by atoms with Crippen molar-refractivity contribution < 1.29 is 14.5 Å². The summed E-state index contributed by atoms with van der Waals surface area (Å²) in [5, 5.41) is 13.6. The minimum absolute atomic E-state index is 0.0218. The van der Waals surface area contributed by atoms with Crippen molar-refractivity contribution in [3.8, 4) is 0 Å². The Morgan fingerprint density at radius 2 is 1.71 bits per heavy atom. The first kappa shape index (κ1) is 26.5. The summed E-state index contributed by atoms with van der Waals surface area (Å²) in [6, 6.07) is 11.2. The SMILES string of the molecule is CC(CC(=O)N1CCN(c2ccc(NC(=O)c3ccc([N+](=O)[O-])cc3Cl)cc2)CC1)CC(C)(C)C. The highest BCUT2D eigenvalue weighted by atomic mass is 35.5. The Hall–Kier alpha value is -3.13. The van der Waals surface area contributed by atoms with Crippen molar-refractivity contribution >= 4 is 40.5 Å². The van der Waals surface area contributed by atoms with Gasteiger partial charge in [0.1, 0.15) is 0 Å². The molecule has 1 saturated heterocycles. The molecule has 0 saturated carbocycles. The first-order valence-electron chi connectivity index (χ1n) is 11.8. The highest BCUT2D eigenvalue weighted by molar-refractivity contribution is 6.34. The van der Waals surface area contributed by atoms with Crippen LogP contribution in [0.3, 0.4) is 0 Å². The molecule has 0 aliphatic carbocycles. The molecule has 1 heterocycles. The molecule has 2 amide bonds. The largest absolute Gasteiger partial charge is 0.368 e. The number of halogens is 1. The molecule has 1 unspecified atom stereocenters. The molecular weight excluding hydrogens is 468 g/mol. The maximum absolute atomic E-state index is 12.7. The monoisotopic (exact) mass is 500 g/mol. The maximum Gasteiger partial charge on any atom is 0.270 e. The first-order valence-corrected chi connectivity index (χ1v) is 12.2. The average Bonchev–Trinajstić information content (AvgIpc) is 2.78. The van der Waals surface area contributed by atoms with E-state index in [1.54, 1.807) is 12.1 Å². The van der Waals surface area contributed by atoms with E-state index in [-0.39, 0.29) is 27.6 Å². The van der Waals surface area contributed by atoms with Gasteiger partial charge in [-0.25, -0.2) is 0 Å². The van der Waals surface area contributed by atoms with E-state index >= 15 is 0 Å². The molecule has 188 valence electrons. The summed E-state index contributed by atoms with van der Waals surface area (Å²) in [4.78, 5) is 39.7. The van der Waals surface area contributed by atoms with Crippen LogP contribution >= 0.6 is 11.6 Å². The fraction of sp³-hybridized carbons (Fsp3) is 0.462. The van der Waals surface area contributed by atoms with Crippen LogP contribution in [0.4, 0.5) is 17.1 Å². The van der Waals surface area contributed by atoms with E-state index in [1.165, 1.54) is 12.1 Å². The molecule has 1 aliphatic rings. The van der Waals surface area contributed by atoms with Gasteiger partial charge in [0.15, 0.2) is 0 Å². The summed E-state index contributed by atoms with van der Waals surface area (Å²) in [5.41, 5.74) is 1.83. The van der Waals surface area contributed by atoms with Crippen LogP contribution in [0.1, 0.15) is 50.9 Å². The van der Waals surface area contributed by atoms with Gasteiger partial charge >= 0.3 is 0 Å². The molecule has 3 rings (SSSR count). The quantitative estimate of drug-likeness (QED) is 0.393.